The molecule has 1 rings (SSSR count). The summed E-state index contributed by atoms with van der Waals surface area (Å²) in [7, 11) is 0. The lowest BCUT2D eigenvalue weighted by Gasteiger charge is -2.26. The van der Waals surface area contributed by atoms with Crippen LogP contribution in [0.1, 0.15) is 38.2 Å². The van der Waals surface area contributed by atoms with Crippen molar-refractivity contribution >= 4 is 11.9 Å². The molecule has 0 fully saturated rings. The van der Waals surface area contributed by atoms with E-state index in [1.807, 2.05) is 37.6 Å². The molecule has 0 spiro atoms. The lowest BCUT2D eigenvalue weighted by atomic mass is 10.2. The molecule has 0 aliphatic rings. The number of hydrogen-bond acceptors (Lipinski definition) is 3. The molecule has 106 valence electrons. The predicted molar refractivity (Wildman–Crippen MR) is 72.9 cm³/mol. The van der Waals surface area contributed by atoms with Crippen LogP contribution in [0, 0.1) is 0 Å². The molecule has 0 bridgehead atoms. The zero-order valence-corrected chi connectivity index (χ0v) is 12.0. The number of carbonyl (C=O) groups is 2. The lowest BCUT2D eigenvalue weighted by molar-refractivity contribution is -0.144. The van der Waals surface area contributed by atoms with Gasteiger partial charge in [0.1, 0.15) is 12.2 Å². The fourth-order valence-corrected chi connectivity index (χ4v) is 1.87. The number of hydrogen-bond donors (Lipinski definition) is 0. The van der Waals surface area contributed by atoms with E-state index in [4.69, 9.17) is 4.74 Å². The summed E-state index contributed by atoms with van der Waals surface area (Å²) in [5, 5.41) is 0. The molecular weight excluding hydrogens is 244 g/mol. The smallest absolute Gasteiger partial charge is 0.325 e. The highest BCUT2D eigenvalue weighted by atomic mass is 16.5. The van der Waals surface area contributed by atoms with Crippen molar-refractivity contribution in [2.75, 3.05) is 13.2 Å². The Hall–Kier alpha value is -1.78. The quantitative estimate of drug-likeness (QED) is 0.739. The minimum atomic E-state index is -0.376. The second kappa shape index (κ2) is 6.97. The van der Waals surface area contributed by atoms with E-state index in [-0.39, 0.29) is 24.5 Å². The SMILES string of the molecule is CCOC(=O)CN(C(=O)c1cccn1CC)C(C)C. The number of amides is 1. The molecule has 19 heavy (non-hydrogen) atoms. The number of rotatable bonds is 6. The van der Waals surface area contributed by atoms with Gasteiger partial charge in [0.2, 0.25) is 0 Å². The van der Waals surface area contributed by atoms with Gasteiger partial charge in [-0.3, -0.25) is 9.59 Å². The van der Waals surface area contributed by atoms with Crippen molar-refractivity contribution in [3.05, 3.63) is 24.0 Å². The van der Waals surface area contributed by atoms with Crippen LogP contribution < -0.4 is 0 Å². The summed E-state index contributed by atoms with van der Waals surface area (Å²) < 4.78 is 6.77. The Kier molecular flexibility index (Phi) is 5.60. The molecule has 0 aliphatic heterocycles. The van der Waals surface area contributed by atoms with Crippen LogP contribution in [-0.2, 0) is 16.1 Å². The minimum absolute atomic E-state index is 0.0146. The topological polar surface area (TPSA) is 51.5 Å². The molecule has 1 heterocycles. The van der Waals surface area contributed by atoms with Gasteiger partial charge >= 0.3 is 5.97 Å². The molecular formula is C14H22N2O3. The second-order valence-electron chi connectivity index (χ2n) is 4.51. The fraction of sp³-hybridized carbons (Fsp3) is 0.571. The maximum absolute atomic E-state index is 12.5. The predicted octanol–water partition coefficient (Wildman–Crippen LogP) is 1.92. The molecule has 5 heteroatoms. The first kappa shape index (κ1) is 15.3. The highest BCUT2D eigenvalue weighted by Crippen LogP contribution is 2.10. The average molecular weight is 266 g/mol. The average Bonchev–Trinajstić information content (AvgIpc) is 2.83. The minimum Gasteiger partial charge on any atom is -0.465 e. The van der Waals surface area contributed by atoms with Crippen molar-refractivity contribution in [1.29, 1.82) is 0 Å². The number of aromatic nitrogens is 1. The van der Waals surface area contributed by atoms with Crippen molar-refractivity contribution < 1.29 is 14.3 Å². The Morgan fingerprint density at radius 3 is 2.58 bits per heavy atom. The molecule has 0 unspecified atom stereocenters. The molecule has 0 saturated heterocycles. The molecule has 1 amide bonds. The number of ether oxygens (including phenoxy) is 1. The normalized spacial score (nSPS) is 10.6. The molecule has 0 N–H and O–H groups in total. The molecule has 1 aromatic heterocycles. The lowest BCUT2D eigenvalue weighted by Crippen LogP contribution is -2.42. The van der Waals surface area contributed by atoms with Crippen LogP contribution in [0.5, 0.6) is 0 Å². The molecule has 0 aromatic carbocycles. The Labute approximate surface area is 114 Å². The van der Waals surface area contributed by atoms with E-state index >= 15 is 0 Å². The highest BCUT2D eigenvalue weighted by Gasteiger charge is 2.23. The van der Waals surface area contributed by atoms with Crippen LogP contribution in [-0.4, -0.2) is 40.5 Å². The van der Waals surface area contributed by atoms with Gasteiger partial charge < -0.3 is 14.2 Å². The largest absolute Gasteiger partial charge is 0.465 e. The van der Waals surface area contributed by atoms with Crippen molar-refractivity contribution in [2.45, 2.75) is 40.3 Å². The van der Waals surface area contributed by atoms with Crippen molar-refractivity contribution in [2.24, 2.45) is 0 Å². The standard InChI is InChI=1S/C14H22N2O3/c1-5-15-9-7-8-12(15)14(18)16(11(3)4)10-13(17)19-6-2/h7-9,11H,5-6,10H2,1-4H3. The van der Waals surface area contributed by atoms with Crippen LogP contribution in [0.3, 0.4) is 0 Å². The zero-order chi connectivity index (χ0) is 14.4. The number of carbonyl (C=O) groups excluding carboxylic acids is 2. The summed E-state index contributed by atoms with van der Waals surface area (Å²) in [6.45, 7) is 8.53. The van der Waals surface area contributed by atoms with Crippen molar-refractivity contribution in [1.82, 2.24) is 9.47 Å². The summed E-state index contributed by atoms with van der Waals surface area (Å²) in [5.41, 5.74) is 0.598. The van der Waals surface area contributed by atoms with Crippen LogP contribution in [0.15, 0.2) is 18.3 Å². The summed E-state index contributed by atoms with van der Waals surface area (Å²) in [6.07, 6.45) is 1.86. The van der Waals surface area contributed by atoms with Gasteiger partial charge in [-0.05, 0) is 39.8 Å². The van der Waals surface area contributed by atoms with Gasteiger partial charge in [0, 0.05) is 18.8 Å². The van der Waals surface area contributed by atoms with Gasteiger partial charge in [0.05, 0.1) is 6.61 Å². The van der Waals surface area contributed by atoms with E-state index in [2.05, 4.69) is 0 Å². The Balaban J connectivity index is 2.87. The first-order valence-corrected chi connectivity index (χ1v) is 6.62. The van der Waals surface area contributed by atoms with Crippen molar-refractivity contribution in [3.8, 4) is 0 Å². The summed E-state index contributed by atoms with van der Waals surface area (Å²) in [6, 6.07) is 3.54. The Morgan fingerprint density at radius 1 is 1.37 bits per heavy atom. The van der Waals surface area contributed by atoms with Gasteiger partial charge in [-0.15, -0.1) is 0 Å². The van der Waals surface area contributed by atoms with E-state index in [1.165, 1.54) is 4.90 Å². The molecule has 1 aromatic rings. The van der Waals surface area contributed by atoms with Crippen molar-refractivity contribution in [3.63, 3.8) is 0 Å². The van der Waals surface area contributed by atoms with Gasteiger partial charge in [-0.1, -0.05) is 0 Å². The molecule has 0 aliphatic carbocycles. The molecule has 0 atom stereocenters. The van der Waals surface area contributed by atoms with Gasteiger partial charge in [0.15, 0.2) is 0 Å². The first-order valence-electron chi connectivity index (χ1n) is 6.62. The van der Waals surface area contributed by atoms with Crippen LogP contribution in [0.2, 0.25) is 0 Å². The Morgan fingerprint density at radius 2 is 2.05 bits per heavy atom. The van der Waals surface area contributed by atoms with Crippen LogP contribution in [0.4, 0.5) is 0 Å². The summed E-state index contributed by atoms with van der Waals surface area (Å²) in [4.78, 5) is 25.6. The maximum atomic E-state index is 12.5. The monoisotopic (exact) mass is 266 g/mol. The van der Waals surface area contributed by atoms with E-state index in [1.54, 1.807) is 13.0 Å². The third kappa shape index (κ3) is 3.84. The van der Waals surface area contributed by atoms with Gasteiger partial charge in [-0.2, -0.15) is 0 Å². The van der Waals surface area contributed by atoms with E-state index in [9.17, 15) is 9.59 Å². The van der Waals surface area contributed by atoms with E-state index in [0.717, 1.165) is 6.54 Å². The van der Waals surface area contributed by atoms with Gasteiger partial charge in [0.25, 0.3) is 5.91 Å². The highest BCUT2D eigenvalue weighted by molar-refractivity contribution is 5.94. The van der Waals surface area contributed by atoms with E-state index < -0.39 is 0 Å². The third-order valence-corrected chi connectivity index (χ3v) is 2.88. The third-order valence-electron chi connectivity index (χ3n) is 2.88. The number of aryl methyl sites for hydroxylation is 1. The number of esters is 1. The molecule has 0 radical (unpaired) electrons. The van der Waals surface area contributed by atoms with Crippen LogP contribution >= 0.6 is 0 Å². The van der Waals surface area contributed by atoms with Gasteiger partial charge in [-0.25, -0.2) is 0 Å². The summed E-state index contributed by atoms with van der Waals surface area (Å²) >= 11 is 0. The fourth-order valence-electron chi connectivity index (χ4n) is 1.87. The molecule has 0 saturated carbocycles. The first-order chi connectivity index (χ1) is 9.01. The second-order valence-corrected chi connectivity index (χ2v) is 4.51. The van der Waals surface area contributed by atoms with E-state index in [0.29, 0.717) is 12.3 Å². The number of nitrogens with zero attached hydrogens (tertiary/aromatic N) is 2. The Bertz CT molecular complexity index is 438. The summed E-state index contributed by atoms with van der Waals surface area (Å²) in [5.74, 6) is -0.519. The van der Waals surface area contributed by atoms with Crippen LogP contribution in [0.25, 0.3) is 0 Å². The molecule has 5 nitrogen and oxygen atoms in total. The zero-order valence-electron chi connectivity index (χ0n) is 12.0. The maximum Gasteiger partial charge on any atom is 0.325 e.